The Hall–Kier alpha value is -1.21. The second-order valence-electron chi connectivity index (χ2n) is 5.24. The van der Waals surface area contributed by atoms with Gasteiger partial charge in [0.15, 0.2) is 0 Å². The molecule has 0 fully saturated rings. The van der Waals surface area contributed by atoms with E-state index >= 15 is 0 Å². The summed E-state index contributed by atoms with van der Waals surface area (Å²) in [6, 6.07) is 1.94. The van der Waals surface area contributed by atoms with Crippen molar-refractivity contribution < 1.29 is 9.53 Å². The number of halogens is 1. The first-order valence-electron chi connectivity index (χ1n) is 6.83. The second-order valence-corrected chi connectivity index (χ2v) is 5.80. The zero-order valence-electron chi connectivity index (χ0n) is 12.5. The van der Waals surface area contributed by atoms with Crippen LogP contribution in [0.5, 0.6) is 0 Å². The Morgan fingerprint density at radius 1 is 1.45 bits per heavy atom. The summed E-state index contributed by atoms with van der Waals surface area (Å²) in [5.41, 5.74) is 2.44. The third-order valence-electron chi connectivity index (χ3n) is 3.17. The number of ether oxygens (including phenoxy) is 1. The molecule has 1 atom stereocenters. The van der Waals surface area contributed by atoms with E-state index in [4.69, 9.17) is 4.74 Å². The lowest BCUT2D eigenvalue weighted by Gasteiger charge is -2.14. The normalized spacial score (nSPS) is 11.9. The van der Waals surface area contributed by atoms with Gasteiger partial charge in [-0.3, -0.25) is 0 Å². The summed E-state index contributed by atoms with van der Waals surface area (Å²) < 4.78 is 5.33. The van der Waals surface area contributed by atoms with E-state index in [2.05, 4.69) is 46.6 Å². The van der Waals surface area contributed by atoms with Crippen LogP contribution in [0.4, 0.5) is 0 Å². The molecular weight excluding hydrogens is 318 g/mol. The van der Waals surface area contributed by atoms with Crippen LogP contribution in [-0.4, -0.2) is 22.9 Å². The van der Waals surface area contributed by atoms with Crippen molar-refractivity contribution in [1.29, 1.82) is 0 Å². The van der Waals surface area contributed by atoms with E-state index < -0.39 is 0 Å². The number of aromatic nitrogens is 1. The molecular formula is C16H22BrNO2. The highest BCUT2D eigenvalue weighted by atomic mass is 79.9. The maximum absolute atomic E-state index is 11.9. The van der Waals surface area contributed by atoms with E-state index in [1.165, 1.54) is 0 Å². The summed E-state index contributed by atoms with van der Waals surface area (Å²) in [6.45, 7) is 8.49. The number of carbonyl (C=O) groups excluding carboxylic acids is 1. The molecule has 0 saturated heterocycles. The van der Waals surface area contributed by atoms with Gasteiger partial charge in [-0.1, -0.05) is 41.6 Å². The van der Waals surface area contributed by atoms with Gasteiger partial charge < -0.3 is 9.72 Å². The van der Waals surface area contributed by atoms with E-state index in [9.17, 15) is 4.79 Å². The van der Waals surface area contributed by atoms with Crippen molar-refractivity contribution >= 4 is 21.9 Å². The first kappa shape index (κ1) is 16.8. The lowest BCUT2D eigenvalue weighted by molar-refractivity contribution is 0.0477. The molecule has 4 heteroatoms. The summed E-state index contributed by atoms with van der Waals surface area (Å²) in [4.78, 5) is 15.0. The first-order valence-corrected chi connectivity index (χ1v) is 7.95. The van der Waals surface area contributed by atoms with E-state index in [0.29, 0.717) is 23.5 Å². The van der Waals surface area contributed by atoms with Crippen LogP contribution in [0.1, 0.15) is 42.0 Å². The van der Waals surface area contributed by atoms with E-state index in [-0.39, 0.29) is 11.9 Å². The number of aromatic amines is 1. The van der Waals surface area contributed by atoms with Crippen molar-refractivity contribution in [3.63, 3.8) is 0 Å². The predicted octanol–water partition coefficient (Wildman–Crippen LogP) is 3.85. The average Bonchev–Trinajstić information content (AvgIpc) is 2.72. The third kappa shape index (κ3) is 5.05. The SMILES string of the molecule is Cc1cc(C)c(C(=O)OCCC(C#CCBr)C(C)C)[nH]1. The minimum atomic E-state index is -0.286. The lowest BCUT2D eigenvalue weighted by atomic mass is 9.93. The van der Waals surface area contributed by atoms with Gasteiger partial charge in [0.05, 0.1) is 11.9 Å². The number of carbonyl (C=O) groups is 1. The summed E-state index contributed by atoms with van der Waals surface area (Å²) in [7, 11) is 0. The fourth-order valence-electron chi connectivity index (χ4n) is 2.03. The topological polar surface area (TPSA) is 42.1 Å². The van der Waals surface area contributed by atoms with Gasteiger partial charge in [-0.25, -0.2) is 4.79 Å². The van der Waals surface area contributed by atoms with Gasteiger partial charge in [0.1, 0.15) is 5.69 Å². The number of H-pyrrole nitrogens is 1. The number of esters is 1. The average molecular weight is 340 g/mol. The quantitative estimate of drug-likeness (QED) is 0.503. The van der Waals surface area contributed by atoms with Crippen LogP contribution in [0.2, 0.25) is 0 Å². The standard InChI is InChI=1S/C16H22BrNO2/c1-11(2)14(6-5-8-17)7-9-20-16(19)15-12(3)10-13(4)18-15/h10-11,14,18H,7-9H2,1-4H3. The van der Waals surface area contributed by atoms with Crippen molar-refractivity contribution in [3.05, 3.63) is 23.0 Å². The van der Waals surface area contributed by atoms with Crippen LogP contribution in [-0.2, 0) is 4.74 Å². The highest BCUT2D eigenvalue weighted by Gasteiger charge is 2.15. The van der Waals surface area contributed by atoms with Gasteiger partial charge in [0, 0.05) is 11.6 Å². The molecule has 1 heterocycles. The van der Waals surface area contributed by atoms with Crippen molar-refractivity contribution in [3.8, 4) is 11.8 Å². The number of rotatable bonds is 5. The molecule has 20 heavy (non-hydrogen) atoms. The molecule has 0 saturated carbocycles. The maximum atomic E-state index is 11.9. The maximum Gasteiger partial charge on any atom is 0.355 e. The Balaban J connectivity index is 2.50. The molecule has 0 bridgehead atoms. The molecule has 1 aromatic rings. The van der Waals surface area contributed by atoms with Crippen LogP contribution in [0.3, 0.4) is 0 Å². The molecule has 1 aromatic heterocycles. The van der Waals surface area contributed by atoms with Gasteiger partial charge in [-0.05, 0) is 37.8 Å². The molecule has 110 valence electrons. The minimum absolute atomic E-state index is 0.256. The number of alkyl halides is 1. The molecule has 1 N–H and O–H groups in total. The molecule has 0 radical (unpaired) electrons. The first-order chi connectivity index (χ1) is 9.45. The summed E-state index contributed by atoms with van der Waals surface area (Å²) >= 11 is 3.30. The molecule has 1 rings (SSSR count). The van der Waals surface area contributed by atoms with E-state index in [1.54, 1.807) is 0 Å². The van der Waals surface area contributed by atoms with E-state index in [0.717, 1.165) is 17.7 Å². The monoisotopic (exact) mass is 339 g/mol. The predicted molar refractivity (Wildman–Crippen MR) is 85.1 cm³/mol. The molecule has 3 nitrogen and oxygen atoms in total. The number of nitrogens with one attached hydrogen (secondary N) is 1. The van der Waals surface area contributed by atoms with Crippen molar-refractivity contribution in [2.75, 3.05) is 11.9 Å². The third-order valence-corrected chi connectivity index (χ3v) is 3.46. The fourth-order valence-corrected chi connectivity index (χ4v) is 2.20. The smallest absolute Gasteiger partial charge is 0.355 e. The van der Waals surface area contributed by atoms with Gasteiger partial charge in [0.2, 0.25) is 0 Å². The minimum Gasteiger partial charge on any atom is -0.461 e. The Morgan fingerprint density at radius 2 is 2.15 bits per heavy atom. The van der Waals surface area contributed by atoms with Gasteiger partial charge in [-0.15, -0.1) is 0 Å². The summed E-state index contributed by atoms with van der Waals surface area (Å²) in [5, 5.41) is 0.678. The Kier molecular flexibility index (Phi) is 6.87. The van der Waals surface area contributed by atoms with Crippen molar-refractivity contribution in [2.24, 2.45) is 11.8 Å². The van der Waals surface area contributed by atoms with Crippen LogP contribution in [0.25, 0.3) is 0 Å². The molecule has 0 aliphatic heterocycles. The highest BCUT2D eigenvalue weighted by molar-refractivity contribution is 9.09. The van der Waals surface area contributed by atoms with Gasteiger partial charge in [0.25, 0.3) is 0 Å². The number of hydrogen-bond donors (Lipinski definition) is 1. The van der Waals surface area contributed by atoms with Gasteiger partial charge >= 0.3 is 5.97 Å². The Labute approximate surface area is 129 Å². The van der Waals surface area contributed by atoms with Crippen molar-refractivity contribution in [2.45, 2.75) is 34.1 Å². The van der Waals surface area contributed by atoms with Crippen LogP contribution < -0.4 is 0 Å². The van der Waals surface area contributed by atoms with Crippen molar-refractivity contribution in [1.82, 2.24) is 4.98 Å². The van der Waals surface area contributed by atoms with E-state index in [1.807, 2.05) is 19.9 Å². The summed E-state index contributed by atoms with van der Waals surface area (Å²) in [6.07, 6.45) is 0.766. The Morgan fingerprint density at radius 3 is 2.65 bits per heavy atom. The molecule has 1 unspecified atom stereocenters. The Bertz CT molecular complexity index is 508. The number of hydrogen-bond acceptors (Lipinski definition) is 2. The fraction of sp³-hybridized carbons (Fsp3) is 0.562. The highest BCUT2D eigenvalue weighted by Crippen LogP contribution is 2.15. The molecule has 0 aliphatic carbocycles. The molecule has 0 amide bonds. The largest absolute Gasteiger partial charge is 0.461 e. The zero-order valence-corrected chi connectivity index (χ0v) is 14.1. The molecule has 0 spiro atoms. The number of aryl methyl sites for hydroxylation is 2. The van der Waals surface area contributed by atoms with Crippen LogP contribution in [0.15, 0.2) is 6.07 Å². The van der Waals surface area contributed by atoms with Gasteiger partial charge in [-0.2, -0.15) is 0 Å². The molecule has 0 aromatic carbocycles. The lowest BCUT2D eigenvalue weighted by Crippen LogP contribution is -2.14. The second kappa shape index (κ2) is 8.16. The zero-order chi connectivity index (χ0) is 15.1. The van der Waals surface area contributed by atoms with Crippen LogP contribution >= 0.6 is 15.9 Å². The summed E-state index contributed by atoms with van der Waals surface area (Å²) in [5.74, 6) is 6.66. The van der Waals surface area contributed by atoms with Crippen LogP contribution in [0, 0.1) is 37.5 Å². The molecule has 0 aliphatic rings.